The maximum atomic E-state index is 5.84. The third-order valence-electron chi connectivity index (χ3n) is 5.77. The number of nitrogens with one attached hydrogen (secondary N) is 1. The molecule has 1 aliphatic rings. The fourth-order valence-corrected chi connectivity index (χ4v) is 4.49. The van der Waals surface area contributed by atoms with Crippen molar-refractivity contribution in [3.8, 4) is 23.0 Å². The van der Waals surface area contributed by atoms with Crippen LogP contribution in [0.1, 0.15) is 11.1 Å². The van der Waals surface area contributed by atoms with Gasteiger partial charge in [-0.05, 0) is 41.5 Å². The lowest BCUT2D eigenvalue weighted by molar-refractivity contribution is -0.810. The van der Waals surface area contributed by atoms with Crippen LogP contribution in [0, 0.1) is 6.92 Å². The van der Waals surface area contributed by atoms with Crippen LogP contribution in [0.4, 0.5) is 5.69 Å². The first-order chi connectivity index (χ1) is 13.0. The second kappa shape index (κ2) is 7.57. The average Bonchev–Trinajstić information content (AvgIpc) is 2.70. The third kappa shape index (κ3) is 2.73. The highest BCUT2D eigenvalue weighted by atomic mass is 35.5. The first kappa shape index (κ1) is 20.4. The maximum Gasteiger partial charge on any atom is 0.169 e. The maximum absolute atomic E-state index is 5.84. The molecule has 0 spiro atoms. The number of quaternary nitrogens is 1. The fourth-order valence-electron chi connectivity index (χ4n) is 4.49. The van der Waals surface area contributed by atoms with Crippen molar-refractivity contribution in [3.63, 3.8) is 0 Å². The Balaban J connectivity index is 0.00000225. The van der Waals surface area contributed by atoms with Gasteiger partial charge in [-0.2, -0.15) is 0 Å². The zero-order valence-electron chi connectivity index (χ0n) is 17.2. The highest BCUT2D eigenvalue weighted by Crippen LogP contribution is 2.48. The molecule has 3 aromatic rings. The second-order valence-electron chi connectivity index (χ2n) is 7.05. The molecule has 28 heavy (non-hydrogen) atoms. The summed E-state index contributed by atoms with van der Waals surface area (Å²) in [6.45, 7) is 3.25. The Labute approximate surface area is 171 Å². The van der Waals surface area contributed by atoms with Crippen LogP contribution in [0.15, 0.2) is 18.2 Å². The molecule has 1 heterocycles. The quantitative estimate of drug-likeness (QED) is 0.625. The van der Waals surface area contributed by atoms with Gasteiger partial charge >= 0.3 is 0 Å². The number of fused-ring (bicyclic) bond motifs is 2. The Morgan fingerprint density at radius 1 is 0.786 bits per heavy atom. The molecular formula is C22H26ClNO4. The molecule has 0 aliphatic carbocycles. The van der Waals surface area contributed by atoms with Gasteiger partial charge in [0.25, 0.3) is 0 Å². The van der Waals surface area contributed by atoms with E-state index in [0.29, 0.717) is 5.75 Å². The molecule has 3 aromatic carbocycles. The second-order valence-corrected chi connectivity index (χ2v) is 7.05. The Kier molecular flexibility index (Phi) is 5.50. The molecule has 1 unspecified atom stereocenters. The molecule has 0 fully saturated rings. The number of hydrogen-bond acceptors (Lipinski definition) is 4. The molecule has 0 saturated heterocycles. The van der Waals surface area contributed by atoms with Crippen molar-refractivity contribution in [1.29, 1.82) is 0 Å². The van der Waals surface area contributed by atoms with Gasteiger partial charge < -0.3 is 36.3 Å². The lowest BCUT2D eigenvalue weighted by Gasteiger charge is -2.28. The molecule has 0 bridgehead atoms. The number of methoxy groups -OCH3 is 4. The van der Waals surface area contributed by atoms with E-state index in [-0.39, 0.29) is 12.4 Å². The first-order valence-corrected chi connectivity index (χ1v) is 9.14. The van der Waals surface area contributed by atoms with Crippen LogP contribution in [-0.2, 0) is 6.42 Å². The summed E-state index contributed by atoms with van der Waals surface area (Å²) in [5.41, 5.74) is 3.90. The third-order valence-corrected chi connectivity index (χ3v) is 5.77. The summed E-state index contributed by atoms with van der Waals surface area (Å²) in [6.07, 6.45) is 1.01. The number of hydrogen-bond donors (Lipinski definition) is 1. The zero-order chi connectivity index (χ0) is 19.3. The van der Waals surface area contributed by atoms with Gasteiger partial charge in [-0.15, -0.1) is 0 Å². The minimum atomic E-state index is 0. The van der Waals surface area contributed by atoms with Gasteiger partial charge in [0.2, 0.25) is 0 Å². The van der Waals surface area contributed by atoms with Gasteiger partial charge in [0.1, 0.15) is 5.69 Å². The Hall–Kier alpha value is -2.37. The normalized spacial score (nSPS) is 15.3. The Bertz CT molecular complexity index is 1060. The highest BCUT2D eigenvalue weighted by Gasteiger charge is 2.29. The fraction of sp³-hybridized carbons (Fsp3) is 0.364. The van der Waals surface area contributed by atoms with E-state index in [1.807, 2.05) is 0 Å². The van der Waals surface area contributed by atoms with Crippen molar-refractivity contribution in [3.05, 3.63) is 29.3 Å². The number of ether oxygens (including phenoxy) is 4. The summed E-state index contributed by atoms with van der Waals surface area (Å²) in [6, 6.07) is 6.25. The SMILES string of the molecule is COc1cc2c(C)c3c4c(cc(OC)c(OC)c4c2cc1OC)CC[NH+]3C.[Cl-]. The molecule has 0 aromatic heterocycles. The molecule has 150 valence electrons. The minimum Gasteiger partial charge on any atom is -1.00 e. The summed E-state index contributed by atoms with van der Waals surface area (Å²) in [5.74, 6) is 2.98. The van der Waals surface area contributed by atoms with E-state index in [4.69, 9.17) is 18.9 Å². The van der Waals surface area contributed by atoms with Crippen LogP contribution in [0.3, 0.4) is 0 Å². The summed E-state index contributed by atoms with van der Waals surface area (Å²) in [5, 5.41) is 4.60. The summed E-state index contributed by atoms with van der Waals surface area (Å²) in [4.78, 5) is 1.41. The zero-order valence-corrected chi connectivity index (χ0v) is 17.9. The predicted octanol–water partition coefficient (Wildman–Crippen LogP) is 0.0421. The number of aryl methyl sites for hydroxylation is 1. The van der Waals surface area contributed by atoms with E-state index < -0.39 is 0 Å². The van der Waals surface area contributed by atoms with E-state index in [1.54, 1.807) is 28.4 Å². The van der Waals surface area contributed by atoms with Crippen molar-refractivity contribution >= 4 is 27.2 Å². The number of likely N-dealkylation sites (N-methyl/N-ethyl adjacent to an activating group) is 1. The van der Waals surface area contributed by atoms with Gasteiger partial charge in [0.05, 0.1) is 47.4 Å². The molecule has 1 aliphatic heterocycles. The van der Waals surface area contributed by atoms with Crippen LogP contribution in [-0.4, -0.2) is 42.0 Å². The van der Waals surface area contributed by atoms with Crippen LogP contribution in [0.2, 0.25) is 0 Å². The van der Waals surface area contributed by atoms with Crippen LogP contribution in [0.5, 0.6) is 23.0 Å². The van der Waals surface area contributed by atoms with Crippen molar-refractivity contribution in [2.24, 2.45) is 0 Å². The van der Waals surface area contributed by atoms with Crippen molar-refractivity contribution in [2.45, 2.75) is 13.3 Å². The molecule has 6 heteroatoms. The molecule has 1 N–H and O–H groups in total. The van der Waals surface area contributed by atoms with E-state index in [0.717, 1.165) is 46.4 Å². The largest absolute Gasteiger partial charge is 1.00 e. The number of halogens is 1. The van der Waals surface area contributed by atoms with E-state index >= 15 is 0 Å². The average molecular weight is 404 g/mol. The highest BCUT2D eigenvalue weighted by molar-refractivity contribution is 6.18. The summed E-state index contributed by atoms with van der Waals surface area (Å²) < 4.78 is 22.7. The summed E-state index contributed by atoms with van der Waals surface area (Å²) >= 11 is 0. The molecule has 0 amide bonds. The number of benzene rings is 3. The lowest BCUT2D eigenvalue weighted by Crippen LogP contribution is -3.05. The molecule has 0 radical (unpaired) electrons. The van der Waals surface area contributed by atoms with Gasteiger partial charge in [0, 0.05) is 17.4 Å². The minimum absolute atomic E-state index is 0. The van der Waals surface area contributed by atoms with Gasteiger partial charge in [-0.25, -0.2) is 0 Å². The predicted molar refractivity (Wildman–Crippen MR) is 108 cm³/mol. The summed E-state index contributed by atoms with van der Waals surface area (Å²) in [7, 11) is 8.96. The van der Waals surface area contributed by atoms with Gasteiger partial charge in [0.15, 0.2) is 23.0 Å². The smallest absolute Gasteiger partial charge is 0.169 e. The van der Waals surface area contributed by atoms with Crippen molar-refractivity contribution in [1.82, 2.24) is 0 Å². The molecule has 1 atom stereocenters. The van der Waals surface area contributed by atoms with E-state index in [9.17, 15) is 0 Å². The topological polar surface area (TPSA) is 41.4 Å². The van der Waals surface area contributed by atoms with Crippen LogP contribution < -0.4 is 36.3 Å². The molecule has 0 saturated carbocycles. The number of rotatable bonds is 4. The van der Waals surface area contributed by atoms with E-state index in [2.05, 4.69) is 32.2 Å². The van der Waals surface area contributed by atoms with Gasteiger partial charge in [-0.3, -0.25) is 0 Å². The van der Waals surface area contributed by atoms with E-state index in [1.165, 1.54) is 27.1 Å². The molecule has 5 nitrogen and oxygen atoms in total. The van der Waals surface area contributed by atoms with Crippen molar-refractivity contribution in [2.75, 3.05) is 42.0 Å². The molecule has 4 rings (SSSR count). The van der Waals surface area contributed by atoms with Crippen LogP contribution >= 0.6 is 0 Å². The first-order valence-electron chi connectivity index (χ1n) is 9.14. The monoisotopic (exact) mass is 403 g/mol. The Morgan fingerprint density at radius 3 is 1.96 bits per heavy atom. The molecular weight excluding hydrogens is 378 g/mol. The van der Waals surface area contributed by atoms with Crippen LogP contribution in [0.25, 0.3) is 21.5 Å². The lowest BCUT2D eigenvalue weighted by atomic mass is 9.88. The standard InChI is InChI=1S/C22H25NO4.ClH/c1-12-14-10-16(24-3)17(25-4)11-15(14)20-19-13(7-8-23(2)21(12)19)9-18(26-5)22(20)27-6;/h9-11H,7-8H2,1-6H3;1H. The van der Waals surface area contributed by atoms with Gasteiger partial charge in [-0.1, -0.05) is 0 Å². The Morgan fingerprint density at radius 2 is 1.39 bits per heavy atom. The van der Waals surface area contributed by atoms with Crippen molar-refractivity contribution < 1.29 is 36.3 Å².